The quantitative estimate of drug-likeness (QED) is 0.875. The highest BCUT2D eigenvalue weighted by atomic mass is 16.5. The standard InChI is InChI=1S/C14H20O4/c1-14(2,3)12(13(15)16)9-18-11-7-5-10(17-4)6-8-11/h5-8,12H,9H2,1-4H3,(H,15,16). The Morgan fingerprint density at radius 1 is 1.22 bits per heavy atom. The average molecular weight is 252 g/mol. The maximum absolute atomic E-state index is 11.2. The Bertz CT molecular complexity index is 389. The van der Waals surface area contributed by atoms with Gasteiger partial charge < -0.3 is 14.6 Å². The van der Waals surface area contributed by atoms with Gasteiger partial charge in [-0.2, -0.15) is 0 Å². The average Bonchev–Trinajstić information content (AvgIpc) is 2.28. The predicted octanol–water partition coefficient (Wildman–Crippen LogP) is 2.82. The fourth-order valence-corrected chi connectivity index (χ4v) is 1.54. The predicted molar refractivity (Wildman–Crippen MR) is 69.1 cm³/mol. The number of carboxylic acid groups (broad SMARTS) is 1. The second-order valence-electron chi connectivity index (χ2n) is 5.24. The molecule has 0 amide bonds. The van der Waals surface area contributed by atoms with Crippen LogP contribution >= 0.6 is 0 Å². The van der Waals surface area contributed by atoms with Gasteiger partial charge in [-0.3, -0.25) is 4.79 Å². The molecular formula is C14H20O4. The topological polar surface area (TPSA) is 55.8 Å². The molecule has 1 unspecified atom stereocenters. The van der Waals surface area contributed by atoms with Crippen LogP contribution < -0.4 is 9.47 Å². The summed E-state index contributed by atoms with van der Waals surface area (Å²) in [5.41, 5.74) is -0.335. The first-order valence-electron chi connectivity index (χ1n) is 5.84. The lowest BCUT2D eigenvalue weighted by Crippen LogP contribution is -2.33. The molecule has 0 bridgehead atoms. The second-order valence-corrected chi connectivity index (χ2v) is 5.24. The molecule has 1 aromatic carbocycles. The molecule has 1 atom stereocenters. The van der Waals surface area contributed by atoms with Crippen molar-refractivity contribution in [2.45, 2.75) is 20.8 Å². The number of hydrogen-bond acceptors (Lipinski definition) is 3. The summed E-state index contributed by atoms with van der Waals surface area (Å²) in [4.78, 5) is 11.2. The lowest BCUT2D eigenvalue weighted by molar-refractivity contribution is -0.146. The highest BCUT2D eigenvalue weighted by molar-refractivity contribution is 5.71. The molecule has 1 N–H and O–H groups in total. The van der Waals surface area contributed by atoms with Crippen molar-refractivity contribution in [1.29, 1.82) is 0 Å². The minimum Gasteiger partial charge on any atom is -0.497 e. The van der Waals surface area contributed by atoms with E-state index in [9.17, 15) is 4.79 Å². The molecule has 0 saturated carbocycles. The Kier molecular flexibility index (Phi) is 4.59. The smallest absolute Gasteiger partial charge is 0.310 e. The molecule has 0 aromatic heterocycles. The van der Waals surface area contributed by atoms with Crippen molar-refractivity contribution in [2.24, 2.45) is 11.3 Å². The Hall–Kier alpha value is -1.71. The van der Waals surface area contributed by atoms with Gasteiger partial charge in [0.2, 0.25) is 0 Å². The molecule has 100 valence electrons. The molecule has 1 rings (SSSR count). The summed E-state index contributed by atoms with van der Waals surface area (Å²) in [6, 6.07) is 7.09. The van der Waals surface area contributed by atoms with Crippen molar-refractivity contribution >= 4 is 5.97 Å². The van der Waals surface area contributed by atoms with Crippen LogP contribution in [-0.4, -0.2) is 24.8 Å². The van der Waals surface area contributed by atoms with E-state index in [1.807, 2.05) is 20.8 Å². The van der Waals surface area contributed by atoms with Gasteiger partial charge in [-0.1, -0.05) is 20.8 Å². The molecule has 0 heterocycles. The van der Waals surface area contributed by atoms with Gasteiger partial charge in [-0.05, 0) is 29.7 Å². The fraction of sp³-hybridized carbons (Fsp3) is 0.500. The van der Waals surface area contributed by atoms with Crippen LogP contribution in [0.4, 0.5) is 0 Å². The zero-order valence-corrected chi connectivity index (χ0v) is 11.3. The summed E-state index contributed by atoms with van der Waals surface area (Å²) in [7, 11) is 1.59. The Morgan fingerprint density at radius 2 is 1.72 bits per heavy atom. The van der Waals surface area contributed by atoms with Crippen LogP contribution in [0.2, 0.25) is 0 Å². The summed E-state index contributed by atoms with van der Waals surface area (Å²) in [6.07, 6.45) is 0. The van der Waals surface area contributed by atoms with E-state index in [1.165, 1.54) is 0 Å². The third-order valence-electron chi connectivity index (χ3n) is 2.82. The van der Waals surface area contributed by atoms with Crippen LogP contribution in [0.3, 0.4) is 0 Å². The van der Waals surface area contributed by atoms with Crippen molar-refractivity contribution < 1.29 is 19.4 Å². The van der Waals surface area contributed by atoms with E-state index < -0.39 is 11.9 Å². The minimum atomic E-state index is -0.837. The van der Waals surface area contributed by atoms with Crippen LogP contribution in [0.5, 0.6) is 11.5 Å². The van der Waals surface area contributed by atoms with Crippen LogP contribution in [0.15, 0.2) is 24.3 Å². The number of aliphatic carboxylic acids is 1. The maximum atomic E-state index is 11.2. The molecule has 0 spiro atoms. The van der Waals surface area contributed by atoms with Gasteiger partial charge in [-0.25, -0.2) is 0 Å². The zero-order chi connectivity index (χ0) is 13.8. The monoisotopic (exact) mass is 252 g/mol. The molecule has 0 fully saturated rings. The zero-order valence-electron chi connectivity index (χ0n) is 11.3. The number of ether oxygens (including phenoxy) is 2. The number of carbonyl (C=O) groups is 1. The molecule has 4 nitrogen and oxygen atoms in total. The number of hydrogen-bond donors (Lipinski definition) is 1. The molecule has 18 heavy (non-hydrogen) atoms. The normalized spacial score (nSPS) is 12.9. The Labute approximate surface area is 108 Å². The van der Waals surface area contributed by atoms with E-state index >= 15 is 0 Å². The largest absolute Gasteiger partial charge is 0.497 e. The summed E-state index contributed by atoms with van der Waals surface area (Å²) in [6.45, 7) is 5.83. The first-order valence-corrected chi connectivity index (χ1v) is 5.84. The minimum absolute atomic E-state index is 0.158. The molecular weight excluding hydrogens is 232 g/mol. The van der Waals surface area contributed by atoms with Gasteiger partial charge in [0.15, 0.2) is 0 Å². The molecule has 0 radical (unpaired) electrons. The van der Waals surface area contributed by atoms with Crippen LogP contribution in [0, 0.1) is 11.3 Å². The van der Waals surface area contributed by atoms with Gasteiger partial charge in [0.25, 0.3) is 0 Å². The number of methoxy groups -OCH3 is 1. The third-order valence-corrected chi connectivity index (χ3v) is 2.82. The Morgan fingerprint density at radius 3 is 2.11 bits per heavy atom. The van der Waals surface area contributed by atoms with Gasteiger partial charge >= 0.3 is 5.97 Å². The first-order chi connectivity index (χ1) is 8.34. The van der Waals surface area contributed by atoms with E-state index in [0.717, 1.165) is 5.75 Å². The van der Waals surface area contributed by atoms with E-state index in [-0.39, 0.29) is 12.0 Å². The van der Waals surface area contributed by atoms with E-state index in [2.05, 4.69) is 0 Å². The van der Waals surface area contributed by atoms with Crippen molar-refractivity contribution in [1.82, 2.24) is 0 Å². The summed E-state index contributed by atoms with van der Waals surface area (Å²) >= 11 is 0. The number of rotatable bonds is 5. The van der Waals surface area contributed by atoms with Crippen LogP contribution in [0.1, 0.15) is 20.8 Å². The summed E-state index contributed by atoms with van der Waals surface area (Å²) in [5.74, 6) is 0.00914. The SMILES string of the molecule is COc1ccc(OCC(C(=O)O)C(C)(C)C)cc1. The van der Waals surface area contributed by atoms with Crippen molar-refractivity contribution in [2.75, 3.05) is 13.7 Å². The first kappa shape index (κ1) is 14.4. The number of benzene rings is 1. The van der Waals surface area contributed by atoms with E-state index in [0.29, 0.717) is 5.75 Å². The van der Waals surface area contributed by atoms with Crippen molar-refractivity contribution in [3.63, 3.8) is 0 Å². The van der Waals surface area contributed by atoms with E-state index in [1.54, 1.807) is 31.4 Å². The fourth-order valence-electron chi connectivity index (χ4n) is 1.54. The van der Waals surface area contributed by atoms with E-state index in [4.69, 9.17) is 14.6 Å². The van der Waals surface area contributed by atoms with Gasteiger partial charge in [0, 0.05) is 0 Å². The Balaban J connectivity index is 2.64. The lowest BCUT2D eigenvalue weighted by Gasteiger charge is -2.26. The third kappa shape index (κ3) is 3.95. The van der Waals surface area contributed by atoms with Crippen molar-refractivity contribution in [3.05, 3.63) is 24.3 Å². The number of carboxylic acids is 1. The molecule has 4 heteroatoms. The molecule has 0 aliphatic rings. The van der Waals surface area contributed by atoms with Crippen LogP contribution in [0.25, 0.3) is 0 Å². The van der Waals surface area contributed by atoms with Crippen molar-refractivity contribution in [3.8, 4) is 11.5 Å². The molecule has 1 aromatic rings. The molecule has 0 aliphatic carbocycles. The highest BCUT2D eigenvalue weighted by Gasteiger charge is 2.31. The van der Waals surface area contributed by atoms with Crippen LogP contribution in [-0.2, 0) is 4.79 Å². The lowest BCUT2D eigenvalue weighted by atomic mass is 9.81. The highest BCUT2D eigenvalue weighted by Crippen LogP contribution is 2.27. The second kappa shape index (κ2) is 5.76. The van der Waals surface area contributed by atoms with Gasteiger partial charge in [0.1, 0.15) is 18.1 Å². The summed E-state index contributed by atoms with van der Waals surface area (Å²) in [5, 5.41) is 9.17. The van der Waals surface area contributed by atoms with Gasteiger partial charge in [-0.15, -0.1) is 0 Å². The molecule has 0 saturated heterocycles. The maximum Gasteiger partial charge on any atom is 0.310 e. The molecule has 0 aliphatic heterocycles. The van der Waals surface area contributed by atoms with Gasteiger partial charge in [0.05, 0.1) is 13.0 Å². The summed E-state index contributed by atoms with van der Waals surface area (Å²) < 4.78 is 10.6.